The van der Waals surface area contributed by atoms with Gasteiger partial charge in [-0.1, -0.05) is 35.9 Å². The number of halogens is 1. The predicted molar refractivity (Wildman–Crippen MR) is 118 cm³/mol. The molecule has 4 rings (SSSR count). The highest BCUT2D eigenvalue weighted by atomic mass is 35.5. The lowest BCUT2D eigenvalue weighted by Crippen LogP contribution is -2.34. The van der Waals surface area contributed by atoms with Gasteiger partial charge in [0.05, 0.1) is 15.6 Å². The summed E-state index contributed by atoms with van der Waals surface area (Å²) in [4.78, 5) is 30.2. The summed E-state index contributed by atoms with van der Waals surface area (Å²) >= 11 is 7.61. The van der Waals surface area contributed by atoms with Gasteiger partial charge in [0, 0.05) is 37.9 Å². The molecule has 1 aromatic heterocycles. The van der Waals surface area contributed by atoms with Crippen LogP contribution in [-0.2, 0) is 6.54 Å². The minimum Gasteiger partial charge on any atom is -0.373 e. The normalized spacial score (nSPS) is 13.6. The van der Waals surface area contributed by atoms with Crippen LogP contribution in [0.25, 0.3) is 0 Å². The fraction of sp³-hybridized carbons (Fsp3) is 0.182. The number of likely N-dealkylation sites (N-methyl/N-ethyl adjacent to an activating group) is 1. The highest BCUT2D eigenvalue weighted by Gasteiger charge is 2.23. The van der Waals surface area contributed by atoms with Gasteiger partial charge in [-0.05, 0) is 41.3 Å². The highest BCUT2D eigenvalue weighted by molar-refractivity contribution is 7.12. The van der Waals surface area contributed by atoms with Crippen molar-refractivity contribution in [3.05, 3.63) is 81.0 Å². The van der Waals surface area contributed by atoms with Gasteiger partial charge < -0.3 is 15.1 Å². The van der Waals surface area contributed by atoms with Gasteiger partial charge >= 0.3 is 0 Å². The highest BCUT2D eigenvalue weighted by Crippen LogP contribution is 2.27. The van der Waals surface area contributed by atoms with E-state index in [9.17, 15) is 9.59 Å². The number of hydrogen-bond donors (Lipinski definition) is 1. The maximum absolute atomic E-state index is 13.2. The average Bonchev–Trinajstić information content (AvgIpc) is 3.21. The van der Waals surface area contributed by atoms with E-state index in [0.29, 0.717) is 34.2 Å². The summed E-state index contributed by atoms with van der Waals surface area (Å²) in [6.07, 6.45) is 0. The SMILES string of the molecule is CN1CCN(C(=O)c2ccc(Cl)c(NC(=O)c3cccs3)c2)Cc2ccccc21. The van der Waals surface area contributed by atoms with Gasteiger partial charge in [0.2, 0.25) is 0 Å². The Hall–Kier alpha value is -2.83. The number of benzene rings is 2. The van der Waals surface area contributed by atoms with Crippen LogP contribution in [0.3, 0.4) is 0 Å². The van der Waals surface area contributed by atoms with Crippen LogP contribution >= 0.6 is 22.9 Å². The molecular weight excluding hydrogens is 406 g/mol. The molecular formula is C22H20ClN3O2S. The van der Waals surface area contributed by atoms with E-state index in [2.05, 4.69) is 16.3 Å². The number of fused-ring (bicyclic) bond motifs is 1. The molecule has 148 valence electrons. The molecule has 0 aliphatic carbocycles. The van der Waals surface area contributed by atoms with Crippen molar-refractivity contribution in [2.75, 3.05) is 30.4 Å². The largest absolute Gasteiger partial charge is 0.373 e. The number of nitrogens with zero attached hydrogens (tertiary/aromatic N) is 2. The van der Waals surface area contributed by atoms with Crippen LogP contribution < -0.4 is 10.2 Å². The number of carbonyl (C=O) groups is 2. The molecule has 0 fully saturated rings. The van der Waals surface area contributed by atoms with Crippen molar-refractivity contribution in [3.63, 3.8) is 0 Å². The smallest absolute Gasteiger partial charge is 0.265 e. The summed E-state index contributed by atoms with van der Waals surface area (Å²) in [6.45, 7) is 1.90. The molecule has 1 aliphatic rings. The van der Waals surface area contributed by atoms with Crippen molar-refractivity contribution in [2.24, 2.45) is 0 Å². The minimum atomic E-state index is -0.239. The fourth-order valence-electron chi connectivity index (χ4n) is 3.39. The zero-order valence-corrected chi connectivity index (χ0v) is 17.5. The van der Waals surface area contributed by atoms with Crippen molar-refractivity contribution in [1.82, 2.24) is 4.90 Å². The van der Waals surface area contributed by atoms with Gasteiger partial charge in [0.1, 0.15) is 0 Å². The third-order valence-electron chi connectivity index (χ3n) is 4.96. The van der Waals surface area contributed by atoms with E-state index >= 15 is 0 Å². The van der Waals surface area contributed by atoms with Gasteiger partial charge in [-0.3, -0.25) is 9.59 Å². The summed E-state index contributed by atoms with van der Waals surface area (Å²) in [5, 5.41) is 5.04. The molecule has 0 atom stereocenters. The van der Waals surface area contributed by atoms with Crippen LogP contribution in [0.1, 0.15) is 25.6 Å². The number of carbonyl (C=O) groups excluding carboxylic acids is 2. The second-order valence-electron chi connectivity index (χ2n) is 6.90. The Balaban J connectivity index is 1.57. The van der Waals surface area contributed by atoms with Gasteiger partial charge in [0.25, 0.3) is 11.8 Å². The number of hydrogen-bond acceptors (Lipinski definition) is 4. The average molecular weight is 426 g/mol. The Morgan fingerprint density at radius 3 is 2.69 bits per heavy atom. The van der Waals surface area contributed by atoms with Crippen LogP contribution in [0.5, 0.6) is 0 Å². The third kappa shape index (κ3) is 4.13. The Labute approximate surface area is 178 Å². The lowest BCUT2D eigenvalue weighted by molar-refractivity contribution is 0.0751. The molecule has 29 heavy (non-hydrogen) atoms. The zero-order chi connectivity index (χ0) is 20.4. The third-order valence-corrected chi connectivity index (χ3v) is 6.16. The van der Waals surface area contributed by atoms with Gasteiger partial charge in [0.15, 0.2) is 0 Å². The van der Waals surface area contributed by atoms with E-state index in [1.54, 1.807) is 24.3 Å². The molecule has 3 aromatic rings. The number of thiophene rings is 1. The Bertz CT molecular complexity index is 1050. The molecule has 7 heteroatoms. The topological polar surface area (TPSA) is 52.6 Å². The first-order valence-electron chi connectivity index (χ1n) is 9.25. The minimum absolute atomic E-state index is 0.0848. The van der Waals surface area contributed by atoms with Crippen LogP contribution in [0.4, 0.5) is 11.4 Å². The number of rotatable bonds is 3. The van der Waals surface area contributed by atoms with Crippen molar-refractivity contribution in [2.45, 2.75) is 6.54 Å². The molecule has 0 saturated carbocycles. The van der Waals surface area contributed by atoms with Gasteiger partial charge in [-0.25, -0.2) is 0 Å². The van der Waals surface area contributed by atoms with E-state index in [-0.39, 0.29) is 11.8 Å². The molecule has 1 N–H and O–H groups in total. The molecule has 2 aromatic carbocycles. The molecule has 5 nitrogen and oxygen atoms in total. The van der Waals surface area contributed by atoms with Crippen molar-refractivity contribution < 1.29 is 9.59 Å². The monoisotopic (exact) mass is 425 g/mol. The first kappa shape index (κ1) is 19.5. The maximum atomic E-state index is 13.2. The molecule has 2 heterocycles. The quantitative estimate of drug-likeness (QED) is 0.659. The van der Waals surface area contributed by atoms with E-state index in [1.165, 1.54) is 11.3 Å². The van der Waals surface area contributed by atoms with Crippen LogP contribution in [0.2, 0.25) is 5.02 Å². The van der Waals surface area contributed by atoms with Crippen molar-refractivity contribution in [1.29, 1.82) is 0 Å². The Morgan fingerprint density at radius 2 is 1.90 bits per heavy atom. The predicted octanol–water partition coefficient (Wildman–Crippen LogP) is 4.75. The summed E-state index contributed by atoms with van der Waals surface area (Å²) in [5.41, 5.74) is 3.19. The summed E-state index contributed by atoms with van der Waals surface area (Å²) in [7, 11) is 2.04. The number of amides is 2. The Morgan fingerprint density at radius 1 is 1.07 bits per heavy atom. The van der Waals surface area contributed by atoms with E-state index in [4.69, 9.17) is 11.6 Å². The number of nitrogens with one attached hydrogen (secondary N) is 1. The second-order valence-corrected chi connectivity index (χ2v) is 8.26. The van der Waals surface area contributed by atoms with Gasteiger partial charge in [-0.2, -0.15) is 0 Å². The summed E-state index contributed by atoms with van der Waals surface area (Å²) in [6, 6.07) is 16.7. The number of para-hydroxylation sites is 1. The molecule has 0 bridgehead atoms. The molecule has 1 aliphatic heterocycles. The molecule has 0 unspecified atom stereocenters. The van der Waals surface area contributed by atoms with Gasteiger partial charge in [-0.15, -0.1) is 11.3 Å². The molecule has 0 radical (unpaired) electrons. The fourth-order valence-corrected chi connectivity index (χ4v) is 4.18. The number of anilines is 2. The maximum Gasteiger partial charge on any atom is 0.265 e. The molecule has 0 spiro atoms. The van der Waals surface area contributed by atoms with Crippen LogP contribution in [0.15, 0.2) is 60.0 Å². The standard InChI is InChI=1S/C22H20ClN3O2S/c1-25-10-11-26(14-16-5-2-3-6-19(16)25)22(28)15-8-9-17(23)18(13-15)24-21(27)20-7-4-12-29-20/h2-9,12-13H,10-11,14H2,1H3,(H,24,27). The molecule has 0 saturated heterocycles. The van der Waals surface area contributed by atoms with Crippen LogP contribution in [0, 0.1) is 0 Å². The lowest BCUT2D eigenvalue weighted by atomic mass is 10.1. The van der Waals surface area contributed by atoms with E-state index < -0.39 is 0 Å². The van der Waals surface area contributed by atoms with E-state index in [0.717, 1.165) is 17.8 Å². The summed E-state index contributed by atoms with van der Waals surface area (Å²) < 4.78 is 0. The zero-order valence-electron chi connectivity index (χ0n) is 15.9. The Kier molecular flexibility index (Phi) is 5.56. The van der Waals surface area contributed by atoms with Crippen LogP contribution in [-0.4, -0.2) is 36.9 Å². The first-order valence-corrected chi connectivity index (χ1v) is 10.5. The first-order chi connectivity index (χ1) is 14.0. The lowest BCUT2D eigenvalue weighted by Gasteiger charge is -2.21. The molecule has 2 amide bonds. The van der Waals surface area contributed by atoms with E-state index in [1.807, 2.05) is 41.6 Å². The second kappa shape index (κ2) is 8.27. The van der Waals surface area contributed by atoms with Crippen molar-refractivity contribution >= 4 is 46.1 Å². The summed E-state index contributed by atoms with van der Waals surface area (Å²) in [5.74, 6) is -0.324. The van der Waals surface area contributed by atoms with Crippen molar-refractivity contribution in [3.8, 4) is 0 Å².